The maximum atomic E-state index is 12.2. The van der Waals surface area contributed by atoms with Gasteiger partial charge in [0.15, 0.2) is 0 Å². The lowest BCUT2D eigenvalue weighted by molar-refractivity contribution is 0.0943. The largest absolute Gasteiger partial charge is 0.467 e. The minimum atomic E-state index is -0.189. The van der Waals surface area contributed by atoms with E-state index >= 15 is 0 Å². The van der Waals surface area contributed by atoms with E-state index in [1.54, 1.807) is 18.5 Å². The van der Waals surface area contributed by atoms with Gasteiger partial charge >= 0.3 is 0 Å². The van der Waals surface area contributed by atoms with Crippen LogP contribution in [0.25, 0.3) is 0 Å². The summed E-state index contributed by atoms with van der Waals surface area (Å²) in [7, 11) is 0. The fraction of sp³-hybridized carbons (Fsp3) is 0.412. The summed E-state index contributed by atoms with van der Waals surface area (Å²) >= 11 is 0. The van der Waals surface area contributed by atoms with Crippen molar-refractivity contribution in [1.82, 2.24) is 10.3 Å². The van der Waals surface area contributed by atoms with Crippen LogP contribution < -0.4 is 10.2 Å². The van der Waals surface area contributed by atoms with Gasteiger partial charge in [-0.2, -0.15) is 0 Å². The first kappa shape index (κ1) is 16.1. The summed E-state index contributed by atoms with van der Waals surface area (Å²) in [6.45, 7) is 6.63. The van der Waals surface area contributed by atoms with Gasteiger partial charge in [0.25, 0.3) is 5.91 Å². The SMILES string of the molecule is CCCN(CCC)c1ccnc(C(=O)NCc2ccco2)c1. The van der Waals surface area contributed by atoms with Crippen molar-refractivity contribution in [2.45, 2.75) is 33.2 Å². The van der Waals surface area contributed by atoms with Gasteiger partial charge in [-0.05, 0) is 37.1 Å². The van der Waals surface area contributed by atoms with Crippen molar-refractivity contribution in [2.75, 3.05) is 18.0 Å². The van der Waals surface area contributed by atoms with Crippen LogP contribution in [-0.4, -0.2) is 24.0 Å². The number of hydrogen-bond acceptors (Lipinski definition) is 4. The van der Waals surface area contributed by atoms with Crippen molar-refractivity contribution < 1.29 is 9.21 Å². The number of hydrogen-bond donors (Lipinski definition) is 1. The average molecular weight is 301 g/mol. The van der Waals surface area contributed by atoms with Crippen molar-refractivity contribution in [3.8, 4) is 0 Å². The molecule has 2 aromatic heterocycles. The second kappa shape index (κ2) is 8.22. The zero-order chi connectivity index (χ0) is 15.8. The number of furan rings is 1. The summed E-state index contributed by atoms with van der Waals surface area (Å²) in [4.78, 5) is 18.7. The Morgan fingerprint density at radius 1 is 1.27 bits per heavy atom. The lowest BCUT2D eigenvalue weighted by atomic mass is 10.2. The standard InChI is InChI=1S/C17H23N3O2/c1-3-9-20(10-4-2)14-7-8-18-16(12-14)17(21)19-13-15-6-5-11-22-15/h5-8,11-12H,3-4,9-10,13H2,1-2H3,(H,19,21). The van der Waals surface area contributed by atoms with E-state index in [9.17, 15) is 4.79 Å². The predicted molar refractivity (Wildman–Crippen MR) is 86.9 cm³/mol. The van der Waals surface area contributed by atoms with Crippen LogP contribution in [0.1, 0.15) is 42.9 Å². The van der Waals surface area contributed by atoms with Gasteiger partial charge in [0, 0.05) is 25.0 Å². The summed E-state index contributed by atoms with van der Waals surface area (Å²) < 4.78 is 5.20. The quantitative estimate of drug-likeness (QED) is 0.813. The van der Waals surface area contributed by atoms with E-state index < -0.39 is 0 Å². The third-order valence-corrected chi connectivity index (χ3v) is 3.33. The van der Waals surface area contributed by atoms with E-state index in [4.69, 9.17) is 4.42 Å². The average Bonchev–Trinajstić information content (AvgIpc) is 3.06. The maximum Gasteiger partial charge on any atom is 0.270 e. The number of carbonyl (C=O) groups is 1. The van der Waals surface area contributed by atoms with Crippen LogP contribution >= 0.6 is 0 Å². The number of anilines is 1. The van der Waals surface area contributed by atoms with Crippen molar-refractivity contribution in [1.29, 1.82) is 0 Å². The number of rotatable bonds is 8. The van der Waals surface area contributed by atoms with Gasteiger partial charge in [-0.3, -0.25) is 9.78 Å². The van der Waals surface area contributed by atoms with Gasteiger partial charge in [0.05, 0.1) is 12.8 Å². The van der Waals surface area contributed by atoms with E-state index in [-0.39, 0.29) is 5.91 Å². The molecule has 2 heterocycles. The second-order valence-electron chi connectivity index (χ2n) is 5.15. The van der Waals surface area contributed by atoms with Crippen molar-refractivity contribution in [3.63, 3.8) is 0 Å². The van der Waals surface area contributed by atoms with Gasteiger partial charge in [-0.25, -0.2) is 0 Å². The number of nitrogens with zero attached hydrogens (tertiary/aromatic N) is 2. The van der Waals surface area contributed by atoms with Crippen LogP contribution in [0.2, 0.25) is 0 Å². The monoisotopic (exact) mass is 301 g/mol. The Kier molecular flexibility index (Phi) is 6.01. The van der Waals surface area contributed by atoms with Gasteiger partial charge < -0.3 is 14.6 Å². The van der Waals surface area contributed by atoms with Gasteiger partial charge in [-0.15, -0.1) is 0 Å². The van der Waals surface area contributed by atoms with Gasteiger partial charge in [-0.1, -0.05) is 13.8 Å². The first-order chi connectivity index (χ1) is 10.7. The third kappa shape index (κ3) is 4.35. The highest BCUT2D eigenvalue weighted by atomic mass is 16.3. The molecule has 0 aliphatic rings. The lowest BCUT2D eigenvalue weighted by Gasteiger charge is -2.23. The highest BCUT2D eigenvalue weighted by Gasteiger charge is 2.11. The molecule has 0 fully saturated rings. The van der Waals surface area contributed by atoms with Crippen molar-refractivity contribution >= 4 is 11.6 Å². The molecule has 22 heavy (non-hydrogen) atoms. The Labute approximate surface area is 131 Å². The van der Waals surface area contributed by atoms with E-state index in [0.717, 1.165) is 37.4 Å². The lowest BCUT2D eigenvalue weighted by Crippen LogP contribution is -2.27. The molecule has 5 heteroatoms. The molecular weight excluding hydrogens is 278 g/mol. The molecule has 0 bridgehead atoms. The Bertz CT molecular complexity index is 575. The molecule has 2 rings (SSSR count). The molecule has 0 spiro atoms. The van der Waals surface area contributed by atoms with Crippen LogP contribution in [0.4, 0.5) is 5.69 Å². The summed E-state index contributed by atoms with van der Waals surface area (Å²) in [5.41, 5.74) is 1.48. The minimum Gasteiger partial charge on any atom is -0.467 e. The number of nitrogens with one attached hydrogen (secondary N) is 1. The predicted octanol–water partition coefficient (Wildman–Crippen LogP) is 3.23. The van der Waals surface area contributed by atoms with Crippen LogP contribution in [0, 0.1) is 0 Å². The Hall–Kier alpha value is -2.30. The molecule has 0 atom stereocenters. The minimum absolute atomic E-state index is 0.189. The van der Waals surface area contributed by atoms with Gasteiger partial charge in [0.2, 0.25) is 0 Å². The van der Waals surface area contributed by atoms with E-state index in [2.05, 4.69) is 29.0 Å². The van der Waals surface area contributed by atoms with Crippen molar-refractivity contribution in [3.05, 3.63) is 48.2 Å². The van der Waals surface area contributed by atoms with E-state index in [1.807, 2.05) is 18.2 Å². The fourth-order valence-corrected chi connectivity index (χ4v) is 2.32. The summed E-state index contributed by atoms with van der Waals surface area (Å²) in [5.74, 6) is 0.536. The number of pyridine rings is 1. The summed E-state index contributed by atoms with van der Waals surface area (Å²) in [6, 6.07) is 7.43. The molecule has 0 radical (unpaired) electrons. The molecular formula is C17H23N3O2. The first-order valence-corrected chi connectivity index (χ1v) is 7.76. The molecule has 0 saturated heterocycles. The topological polar surface area (TPSA) is 58.4 Å². The third-order valence-electron chi connectivity index (χ3n) is 3.33. The molecule has 118 valence electrons. The molecule has 0 unspecified atom stereocenters. The second-order valence-corrected chi connectivity index (χ2v) is 5.15. The maximum absolute atomic E-state index is 12.2. The Morgan fingerprint density at radius 2 is 2.05 bits per heavy atom. The highest BCUT2D eigenvalue weighted by molar-refractivity contribution is 5.93. The molecule has 0 aliphatic carbocycles. The van der Waals surface area contributed by atoms with Crippen molar-refractivity contribution in [2.24, 2.45) is 0 Å². The summed E-state index contributed by atoms with van der Waals surface area (Å²) in [5, 5.41) is 2.82. The summed E-state index contributed by atoms with van der Waals surface area (Å²) in [6.07, 6.45) is 5.42. The Balaban J connectivity index is 2.04. The molecule has 1 N–H and O–H groups in total. The number of carbonyl (C=O) groups excluding carboxylic acids is 1. The van der Waals surface area contributed by atoms with Crippen LogP contribution in [0.15, 0.2) is 41.1 Å². The van der Waals surface area contributed by atoms with Crippen LogP contribution in [-0.2, 0) is 6.54 Å². The number of amides is 1. The molecule has 1 amide bonds. The first-order valence-electron chi connectivity index (χ1n) is 7.76. The zero-order valence-electron chi connectivity index (χ0n) is 13.2. The zero-order valence-corrected chi connectivity index (χ0v) is 13.2. The normalized spacial score (nSPS) is 10.5. The Morgan fingerprint density at radius 3 is 2.68 bits per heavy atom. The fourth-order valence-electron chi connectivity index (χ4n) is 2.32. The molecule has 5 nitrogen and oxygen atoms in total. The van der Waals surface area contributed by atoms with Crippen LogP contribution in [0.3, 0.4) is 0 Å². The van der Waals surface area contributed by atoms with Crippen LogP contribution in [0.5, 0.6) is 0 Å². The molecule has 0 aliphatic heterocycles. The molecule has 0 saturated carbocycles. The van der Waals surface area contributed by atoms with E-state index in [0.29, 0.717) is 12.2 Å². The molecule has 0 aromatic carbocycles. The molecule has 2 aromatic rings. The smallest absolute Gasteiger partial charge is 0.270 e. The number of aromatic nitrogens is 1. The van der Waals surface area contributed by atoms with E-state index in [1.165, 1.54) is 0 Å². The highest BCUT2D eigenvalue weighted by Crippen LogP contribution is 2.15. The van der Waals surface area contributed by atoms with Gasteiger partial charge in [0.1, 0.15) is 11.5 Å².